The molecular weight excluding hydrogens is 564 g/mol. The molecule has 242 valence electrons. The molecule has 2 unspecified atom stereocenters. The molecule has 2 atom stereocenters. The summed E-state index contributed by atoms with van der Waals surface area (Å²) in [6.45, 7) is 6.49. The lowest BCUT2D eigenvalue weighted by Crippen LogP contribution is -2.57. The number of para-hydroxylation sites is 2. The van der Waals surface area contributed by atoms with Gasteiger partial charge in [0.2, 0.25) is 0 Å². The summed E-state index contributed by atoms with van der Waals surface area (Å²) in [5.74, 6) is -0.221. The molecule has 0 N–H and O–H groups in total. The van der Waals surface area contributed by atoms with Crippen molar-refractivity contribution in [2.24, 2.45) is 0 Å². The molecule has 3 aliphatic rings. The Morgan fingerprint density at radius 2 is 1.00 bits per heavy atom. The maximum Gasteiger partial charge on any atom is 0.340 e. The predicted octanol–water partition coefficient (Wildman–Crippen LogP) is 10.8. The number of hydrogen-bond donors (Lipinski definition) is 0. The zero-order valence-electron chi connectivity index (χ0n) is 28.7. The Labute approximate surface area is 277 Å². The molecule has 0 bridgehead atoms. The average Bonchev–Trinajstić information content (AvgIpc) is 3.66. The quantitative estimate of drug-likeness (QED) is 0.0907. The van der Waals surface area contributed by atoms with Crippen LogP contribution in [0.5, 0.6) is 0 Å². The topological polar surface area (TPSA) is 26.3 Å². The molecule has 0 aromatic heterocycles. The summed E-state index contributed by atoms with van der Waals surface area (Å²) in [6.07, 6.45) is 19.7. The summed E-state index contributed by atoms with van der Waals surface area (Å²) < 4.78 is 8.25. The van der Waals surface area contributed by atoms with E-state index in [1.165, 1.54) is 86.7 Å². The highest BCUT2D eigenvalue weighted by Gasteiger charge is 2.66. The molecule has 3 aromatic carbocycles. The van der Waals surface area contributed by atoms with Crippen molar-refractivity contribution in [3.8, 4) is 0 Å². The lowest BCUT2D eigenvalue weighted by atomic mass is 9.83. The van der Waals surface area contributed by atoms with Crippen molar-refractivity contribution in [3.63, 3.8) is 0 Å². The fourth-order valence-electron chi connectivity index (χ4n) is 8.48. The normalized spacial score (nSPS) is 24.3. The van der Waals surface area contributed by atoms with Crippen LogP contribution >= 0.6 is 0 Å². The molecule has 6 rings (SSSR count). The maximum atomic E-state index is 14.0. The van der Waals surface area contributed by atoms with Gasteiger partial charge in [0.1, 0.15) is 11.4 Å². The number of ether oxygens (including phenoxy) is 1. The molecule has 4 heteroatoms. The van der Waals surface area contributed by atoms with Crippen LogP contribution in [0.2, 0.25) is 0 Å². The van der Waals surface area contributed by atoms with Gasteiger partial charge in [0.15, 0.2) is 11.4 Å². The van der Waals surface area contributed by atoms with E-state index in [2.05, 4.69) is 101 Å². The Morgan fingerprint density at radius 3 is 1.52 bits per heavy atom. The zero-order chi connectivity index (χ0) is 32.2. The number of rotatable bonds is 16. The van der Waals surface area contributed by atoms with Crippen LogP contribution in [-0.4, -0.2) is 33.2 Å². The highest BCUT2D eigenvalue weighted by molar-refractivity contribution is 5.98. The molecule has 3 aromatic rings. The number of quaternary nitrogens is 2. The molecule has 0 amide bonds. The van der Waals surface area contributed by atoms with Crippen LogP contribution in [0.4, 0.5) is 11.4 Å². The molecular formula is C42H54N2O2+2. The standard InChI is InChI=1S/C42H54N2O2/c1-5-7-9-11-13-21-29-43(3)37-27-19-15-23-33(37)31-39(43)42(36-26-18-17-25-35(36)41(45)46-42)40-32-34-24-16-20-28-38(34)44(40,4)30-22-14-12-10-8-6-2/h15-20,23-28,31-32H,5-14,21-22,29-30H2,1-4H3/q+2. The molecule has 0 spiro atoms. The van der Waals surface area contributed by atoms with Gasteiger partial charge in [0, 0.05) is 41.0 Å². The zero-order valence-corrected chi connectivity index (χ0v) is 28.7. The second-order valence-corrected chi connectivity index (χ2v) is 14.2. The highest BCUT2D eigenvalue weighted by Crippen LogP contribution is 2.59. The number of fused-ring (bicyclic) bond motifs is 3. The monoisotopic (exact) mass is 618 g/mol. The molecule has 0 saturated carbocycles. The van der Waals surface area contributed by atoms with Crippen molar-refractivity contribution < 1.29 is 9.53 Å². The summed E-state index contributed by atoms with van der Waals surface area (Å²) in [5.41, 5.74) is 8.03. The second-order valence-electron chi connectivity index (χ2n) is 14.2. The van der Waals surface area contributed by atoms with Crippen molar-refractivity contribution in [2.45, 2.75) is 96.5 Å². The number of cyclic esters (lactones) is 1. The fourth-order valence-corrected chi connectivity index (χ4v) is 8.48. The van der Waals surface area contributed by atoms with Crippen LogP contribution in [0.1, 0.15) is 118 Å². The first-order valence-corrected chi connectivity index (χ1v) is 18.1. The van der Waals surface area contributed by atoms with E-state index in [4.69, 9.17) is 4.74 Å². The van der Waals surface area contributed by atoms with E-state index in [0.717, 1.165) is 42.9 Å². The Balaban J connectivity index is 1.47. The van der Waals surface area contributed by atoms with E-state index in [9.17, 15) is 4.79 Å². The number of unbranched alkanes of at least 4 members (excludes halogenated alkanes) is 10. The minimum Gasteiger partial charge on any atom is -0.429 e. The third-order valence-electron chi connectivity index (χ3n) is 11.0. The number of benzene rings is 3. The second kappa shape index (κ2) is 13.7. The molecule has 3 aliphatic heterocycles. The van der Waals surface area contributed by atoms with Crippen LogP contribution < -0.4 is 8.97 Å². The molecule has 0 fully saturated rings. The Bertz CT molecular complexity index is 1530. The van der Waals surface area contributed by atoms with E-state index in [0.29, 0.717) is 14.5 Å². The molecule has 4 nitrogen and oxygen atoms in total. The molecule has 0 radical (unpaired) electrons. The molecule has 46 heavy (non-hydrogen) atoms. The first-order valence-electron chi connectivity index (χ1n) is 18.1. The van der Waals surface area contributed by atoms with Gasteiger partial charge >= 0.3 is 5.97 Å². The van der Waals surface area contributed by atoms with E-state index < -0.39 is 5.60 Å². The summed E-state index contributed by atoms with van der Waals surface area (Å²) >= 11 is 0. The molecule has 0 saturated heterocycles. The highest BCUT2D eigenvalue weighted by atomic mass is 16.6. The van der Waals surface area contributed by atoms with Gasteiger partial charge in [-0.2, -0.15) is 0 Å². The van der Waals surface area contributed by atoms with Crippen LogP contribution in [0, 0.1) is 0 Å². The van der Waals surface area contributed by atoms with Gasteiger partial charge in [-0.3, -0.25) is 8.97 Å². The fraction of sp³-hybridized carbons (Fsp3) is 0.452. The van der Waals surface area contributed by atoms with Crippen LogP contribution in [0.3, 0.4) is 0 Å². The van der Waals surface area contributed by atoms with Crippen molar-refractivity contribution in [1.82, 2.24) is 8.97 Å². The van der Waals surface area contributed by atoms with Gasteiger partial charge in [-0.1, -0.05) is 108 Å². The van der Waals surface area contributed by atoms with Gasteiger partial charge in [-0.25, -0.2) is 4.79 Å². The van der Waals surface area contributed by atoms with Gasteiger partial charge in [0.25, 0.3) is 5.60 Å². The first kappa shape index (κ1) is 32.5. The van der Waals surface area contributed by atoms with Gasteiger partial charge in [-0.05, 0) is 43.9 Å². The van der Waals surface area contributed by atoms with Crippen molar-refractivity contribution >= 4 is 29.5 Å². The van der Waals surface area contributed by atoms with Gasteiger partial charge < -0.3 is 4.74 Å². The summed E-state index contributed by atoms with van der Waals surface area (Å²) in [5, 5.41) is 0. The van der Waals surface area contributed by atoms with Gasteiger partial charge in [-0.15, -0.1) is 0 Å². The summed E-state index contributed by atoms with van der Waals surface area (Å²) in [7, 11) is 4.72. The van der Waals surface area contributed by atoms with Crippen molar-refractivity contribution in [1.29, 1.82) is 0 Å². The smallest absolute Gasteiger partial charge is 0.340 e. The van der Waals surface area contributed by atoms with E-state index >= 15 is 0 Å². The largest absolute Gasteiger partial charge is 0.429 e. The lowest BCUT2D eigenvalue weighted by molar-refractivity contribution is 0.00731. The number of hydrogen-bond acceptors (Lipinski definition) is 2. The SMILES string of the molecule is CCCCCCCC[N+]1(C)C(C2(C3=Cc4ccccc4[N+]3(C)CCCCCCCC)OC(=O)c3ccccc32)=Cc2ccccc21. The predicted molar refractivity (Wildman–Crippen MR) is 194 cm³/mol. The number of nitrogens with zero attached hydrogens (tertiary/aromatic N) is 2. The summed E-state index contributed by atoms with van der Waals surface area (Å²) in [4.78, 5) is 14.0. The summed E-state index contributed by atoms with van der Waals surface area (Å²) in [6, 6.07) is 25.8. The third-order valence-corrected chi connectivity index (χ3v) is 11.0. The van der Waals surface area contributed by atoms with Crippen LogP contribution in [-0.2, 0) is 10.3 Å². The van der Waals surface area contributed by atoms with Gasteiger partial charge in [0.05, 0.1) is 32.7 Å². The van der Waals surface area contributed by atoms with Crippen molar-refractivity contribution in [2.75, 3.05) is 27.2 Å². The first-order chi connectivity index (χ1) is 22.4. The van der Waals surface area contributed by atoms with Crippen LogP contribution in [0.25, 0.3) is 12.2 Å². The Kier molecular flexibility index (Phi) is 9.68. The number of carbonyl (C=O) groups is 1. The van der Waals surface area contributed by atoms with Crippen molar-refractivity contribution in [3.05, 3.63) is 106 Å². The van der Waals surface area contributed by atoms with E-state index in [1.54, 1.807) is 0 Å². The maximum absolute atomic E-state index is 14.0. The van der Waals surface area contributed by atoms with E-state index in [1.807, 2.05) is 12.1 Å². The molecule has 3 heterocycles. The Hall–Kier alpha value is -3.47. The number of carbonyl (C=O) groups excluding carboxylic acids is 1. The third kappa shape index (κ3) is 5.58. The molecule has 0 aliphatic carbocycles. The van der Waals surface area contributed by atoms with Crippen LogP contribution in [0.15, 0.2) is 84.2 Å². The lowest BCUT2D eigenvalue weighted by Gasteiger charge is -2.44. The number of esters is 1. The number of likely N-dealkylation sites (N-methyl/N-ethyl adjacent to an activating group) is 2. The van der Waals surface area contributed by atoms with E-state index in [-0.39, 0.29) is 5.97 Å². The minimum atomic E-state index is -1.01. The Morgan fingerprint density at radius 1 is 0.565 bits per heavy atom. The minimum absolute atomic E-state index is 0.221. The average molecular weight is 619 g/mol.